The monoisotopic (exact) mass is 424 g/mol. The topological polar surface area (TPSA) is 51.2 Å². The van der Waals surface area contributed by atoms with Gasteiger partial charge >= 0.3 is 5.97 Å². The summed E-state index contributed by atoms with van der Waals surface area (Å²) in [7, 11) is 0. The van der Waals surface area contributed by atoms with E-state index in [0.717, 1.165) is 39.0 Å². The number of hydrogen-bond acceptors (Lipinski definition) is 4. The molecule has 4 heteroatoms. The molecular weight excluding hydrogens is 396 g/mol. The number of esters is 1. The fourth-order valence-electron chi connectivity index (χ4n) is 3.72. The molecule has 3 aromatic carbocycles. The highest BCUT2D eigenvalue weighted by Gasteiger charge is 2.21. The van der Waals surface area contributed by atoms with E-state index in [0.29, 0.717) is 12.1 Å². The molecule has 0 saturated carbocycles. The van der Waals surface area contributed by atoms with Gasteiger partial charge in [0.25, 0.3) is 0 Å². The summed E-state index contributed by atoms with van der Waals surface area (Å²) in [5, 5.41) is 4.60. The van der Waals surface area contributed by atoms with Crippen LogP contribution in [0, 0.1) is 6.92 Å². The Hall–Kier alpha value is -3.66. The molecule has 0 amide bonds. The van der Waals surface area contributed by atoms with Crippen molar-refractivity contribution in [2.45, 2.75) is 39.8 Å². The molecule has 32 heavy (non-hydrogen) atoms. The van der Waals surface area contributed by atoms with Crippen molar-refractivity contribution in [3.8, 4) is 11.1 Å². The molecule has 1 aromatic heterocycles. The van der Waals surface area contributed by atoms with E-state index in [1.807, 2.05) is 88.4 Å². The minimum atomic E-state index is -0.563. The van der Waals surface area contributed by atoms with E-state index in [1.54, 1.807) is 0 Å². The van der Waals surface area contributed by atoms with Crippen LogP contribution in [0.5, 0.6) is 0 Å². The summed E-state index contributed by atoms with van der Waals surface area (Å²) in [4.78, 5) is 17.7. The lowest BCUT2D eigenvalue weighted by atomic mass is 9.97. The summed E-state index contributed by atoms with van der Waals surface area (Å²) in [5.41, 5.74) is 5.82. The molecule has 0 spiro atoms. The van der Waals surface area contributed by atoms with Crippen molar-refractivity contribution in [1.82, 2.24) is 4.98 Å². The Labute approximate surface area is 189 Å². The van der Waals surface area contributed by atoms with Crippen molar-refractivity contribution in [2.75, 3.05) is 5.32 Å². The van der Waals surface area contributed by atoms with Crippen LogP contribution in [-0.2, 0) is 11.3 Å². The molecule has 4 aromatic rings. The zero-order valence-electron chi connectivity index (χ0n) is 19.0. The highest BCUT2D eigenvalue weighted by molar-refractivity contribution is 5.98. The van der Waals surface area contributed by atoms with E-state index in [-0.39, 0.29) is 5.97 Å². The molecular formula is C28H28N2O2. The van der Waals surface area contributed by atoms with Crippen molar-refractivity contribution >= 4 is 22.6 Å². The highest BCUT2D eigenvalue weighted by atomic mass is 16.6. The first-order valence-corrected chi connectivity index (χ1v) is 10.8. The van der Waals surface area contributed by atoms with E-state index in [4.69, 9.17) is 4.74 Å². The van der Waals surface area contributed by atoms with E-state index in [1.165, 1.54) is 0 Å². The number of fused-ring (bicyclic) bond motifs is 1. The van der Waals surface area contributed by atoms with Crippen LogP contribution >= 0.6 is 0 Å². The van der Waals surface area contributed by atoms with Crippen LogP contribution in [0.15, 0.2) is 78.9 Å². The minimum Gasteiger partial charge on any atom is -0.456 e. The van der Waals surface area contributed by atoms with Gasteiger partial charge in [-0.15, -0.1) is 0 Å². The summed E-state index contributed by atoms with van der Waals surface area (Å²) >= 11 is 0. The third kappa shape index (κ3) is 4.97. The predicted molar refractivity (Wildman–Crippen MR) is 131 cm³/mol. The maximum absolute atomic E-state index is 13.0. The average Bonchev–Trinajstić information content (AvgIpc) is 2.76. The number of ether oxygens (including phenoxy) is 1. The Bertz CT molecular complexity index is 1260. The molecule has 0 radical (unpaired) electrons. The lowest BCUT2D eigenvalue weighted by Gasteiger charge is -2.21. The molecule has 0 unspecified atom stereocenters. The number of benzene rings is 3. The van der Waals surface area contributed by atoms with Crippen LogP contribution in [0.3, 0.4) is 0 Å². The number of nitrogens with zero attached hydrogens (tertiary/aromatic N) is 1. The number of aryl methyl sites for hydroxylation is 1. The maximum atomic E-state index is 13.0. The Morgan fingerprint density at radius 2 is 1.66 bits per heavy atom. The van der Waals surface area contributed by atoms with Crippen molar-refractivity contribution in [3.63, 3.8) is 0 Å². The molecule has 0 aliphatic rings. The Balaban J connectivity index is 1.67. The minimum absolute atomic E-state index is 0.316. The number of rotatable bonds is 5. The standard InChI is InChI=1S/C28H28N2O2/c1-19-16-26(23-12-8-9-13-25(23)30-19)29-18-20-14-15-22(21-10-6-5-7-11-21)24(17-20)27(31)32-28(2,3)4/h5-17H,18H2,1-4H3,(H,29,30). The van der Waals surface area contributed by atoms with E-state index < -0.39 is 5.60 Å². The largest absolute Gasteiger partial charge is 0.456 e. The van der Waals surface area contributed by atoms with Crippen molar-refractivity contribution in [1.29, 1.82) is 0 Å². The lowest BCUT2D eigenvalue weighted by molar-refractivity contribution is 0.00703. The summed E-state index contributed by atoms with van der Waals surface area (Å²) in [6.45, 7) is 8.23. The van der Waals surface area contributed by atoms with Gasteiger partial charge in [0.2, 0.25) is 0 Å². The zero-order chi connectivity index (χ0) is 22.7. The number of anilines is 1. The maximum Gasteiger partial charge on any atom is 0.339 e. The summed E-state index contributed by atoms with van der Waals surface area (Å²) < 4.78 is 5.71. The molecule has 4 rings (SSSR count). The summed E-state index contributed by atoms with van der Waals surface area (Å²) in [6.07, 6.45) is 0. The third-order valence-electron chi connectivity index (χ3n) is 5.11. The number of pyridine rings is 1. The second-order valence-electron chi connectivity index (χ2n) is 8.93. The second-order valence-corrected chi connectivity index (χ2v) is 8.93. The quantitative estimate of drug-likeness (QED) is 0.359. The van der Waals surface area contributed by atoms with Crippen LogP contribution in [0.2, 0.25) is 0 Å². The summed E-state index contributed by atoms with van der Waals surface area (Å²) in [6, 6.07) is 26.1. The normalized spacial score (nSPS) is 11.4. The number of aromatic nitrogens is 1. The fraction of sp³-hybridized carbons (Fsp3) is 0.214. The van der Waals surface area contributed by atoms with Gasteiger partial charge in [-0.25, -0.2) is 4.79 Å². The van der Waals surface area contributed by atoms with Crippen molar-refractivity contribution in [3.05, 3.63) is 95.7 Å². The molecule has 0 saturated heterocycles. The molecule has 0 aliphatic carbocycles. The van der Waals surface area contributed by atoms with Crippen LogP contribution in [0.1, 0.15) is 42.4 Å². The highest BCUT2D eigenvalue weighted by Crippen LogP contribution is 2.28. The first-order valence-electron chi connectivity index (χ1n) is 10.8. The first-order chi connectivity index (χ1) is 15.3. The van der Waals surface area contributed by atoms with Gasteiger partial charge in [0, 0.05) is 23.3 Å². The smallest absolute Gasteiger partial charge is 0.339 e. The van der Waals surface area contributed by atoms with Gasteiger partial charge in [-0.1, -0.05) is 60.7 Å². The zero-order valence-corrected chi connectivity index (χ0v) is 19.0. The van der Waals surface area contributed by atoms with Gasteiger partial charge in [0.15, 0.2) is 0 Å². The van der Waals surface area contributed by atoms with Gasteiger partial charge in [-0.3, -0.25) is 4.98 Å². The number of carbonyl (C=O) groups excluding carboxylic acids is 1. The van der Waals surface area contributed by atoms with Gasteiger partial charge < -0.3 is 10.1 Å². The second kappa shape index (κ2) is 8.83. The molecule has 1 heterocycles. The first kappa shape index (κ1) is 21.6. The SMILES string of the molecule is Cc1cc(NCc2ccc(-c3ccccc3)c(C(=O)OC(C)(C)C)c2)c2ccccc2n1. The number of para-hydroxylation sites is 1. The molecule has 162 valence electrons. The number of nitrogens with one attached hydrogen (secondary N) is 1. The average molecular weight is 425 g/mol. The van der Waals surface area contributed by atoms with Crippen molar-refractivity contribution in [2.24, 2.45) is 0 Å². The van der Waals surface area contributed by atoms with E-state index in [9.17, 15) is 4.79 Å². The third-order valence-corrected chi connectivity index (χ3v) is 5.11. The van der Waals surface area contributed by atoms with Gasteiger partial charge in [-0.05, 0) is 62.6 Å². The van der Waals surface area contributed by atoms with Crippen molar-refractivity contribution < 1.29 is 9.53 Å². The molecule has 4 nitrogen and oxygen atoms in total. The van der Waals surface area contributed by atoms with Crippen LogP contribution in [0.4, 0.5) is 5.69 Å². The van der Waals surface area contributed by atoms with Gasteiger partial charge in [0.05, 0.1) is 11.1 Å². The van der Waals surface area contributed by atoms with Crippen LogP contribution < -0.4 is 5.32 Å². The number of hydrogen-bond donors (Lipinski definition) is 1. The van der Waals surface area contributed by atoms with Crippen LogP contribution in [-0.4, -0.2) is 16.6 Å². The summed E-state index contributed by atoms with van der Waals surface area (Å²) in [5.74, 6) is -0.316. The molecule has 1 N–H and O–H groups in total. The molecule has 0 fully saturated rings. The lowest BCUT2D eigenvalue weighted by Crippen LogP contribution is -2.24. The molecule has 0 bridgehead atoms. The Kier molecular flexibility index (Phi) is 5.95. The predicted octanol–water partition coefficient (Wildman–Crippen LogP) is 6.78. The number of carbonyl (C=O) groups is 1. The fourth-order valence-corrected chi connectivity index (χ4v) is 3.72. The Morgan fingerprint density at radius 3 is 2.41 bits per heavy atom. The van der Waals surface area contributed by atoms with Gasteiger partial charge in [-0.2, -0.15) is 0 Å². The molecule has 0 atom stereocenters. The van der Waals surface area contributed by atoms with E-state index in [2.05, 4.69) is 28.5 Å². The van der Waals surface area contributed by atoms with Crippen LogP contribution in [0.25, 0.3) is 22.0 Å². The molecule has 0 aliphatic heterocycles. The Morgan fingerprint density at radius 1 is 0.938 bits per heavy atom. The van der Waals surface area contributed by atoms with Gasteiger partial charge in [0.1, 0.15) is 5.60 Å². The van der Waals surface area contributed by atoms with E-state index >= 15 is 0 Å².